The number of hydrogen-bond donors (Lipinski definition) is 0. The third-order valence-electron chi connectivity index (χ3n) is 4.70. The summed E-state index contributed by atoms with van der Waals surface area (Å²) in [5, 5.41) is 0. The number of urea groups is 1. The van der Waals surface area contributed by atoms with Crippen LogP contribution in [0.1, 0.15) is 25.3 Å². The van der Waals surface area contributed by atoms with Gasteiger partial charge in [-0.15, -0.1) is 0 Å². The minimum atomic E-state index is -0.130. The zero-order chi connectivity index (χ0) is 16.9. The van der Waals surface area contributed by atoms with Crippen molar-refractivity contribution in [3.8, 4) is 11.8 Å². The van der Waals surface area contributed by atoms with E-state index in [1.54, 1.807) is 11.8 Å². The van der Waals surface area contributed by atoms with Gasteiger partial charge in [0, 0.05) is 32.7 Å². The highest BCUT2D eigenvalue weighted by Crippen LogP contribution is 2.22. The summed E-state index contributed by atoms with van der Waals surface area (Å²) in [4.78, 5) is 30.3. The standard InChI is InChI=1S/C19H23N3O2/c1-2-7-18(23)20-11-6-10-17(15-20)22-13-12-21(19(22)24)14-16-8-4-3-5-9-16/h3-5,8-9,17H,6,10-15H2,1H3. The number of likely N-dealkylation sites (tertiary alicyclic amines) is 1. The number of carbonyl (C=O) groups is 2. The lowest BCUT2D eigenvalue weighted by Crippen LogP contribution is -2.50. The summed E-state index contributed by atoms with van der Waals surface area (Å²) < 4.78 is 0. The first-order valence-corrected chi connectivity index (χ1v) is 8.50. The smallest absolute Gasteiger partial charge is 0.320 e. The molecule has 2 aliphatic rings. The zero-order valence-electron chi connectivity index (χ0n) is 14.1. The number of amides is 3. The number of hydrogen-bond acceptors (Lipinski definition) is 2. The highest BCUT2D eigenvalue weighted by atomic mass is 16.2. The van der Waals surface area contributed by atoms with Gasteiger partial charge in [0.2, 0.25) is 0 Å². The maximum atomic E-state index is 12.7. The van der Waals surface area contributed by atoms with Crippen molar-refractivity contribution in [2.45, 2.75) is 32.4 Å². The van der Waals surface area contributed by atoms with E-state index < -0.39 is 0 Å². The Labute approximate surface area is 143 Å². The van der Waals surface area contributed by atoms with Gasteiger partial charge in [-0.3, -0.25) is 4.79 Å². The van der Waals surface area contributed by atoms with Gasteiger partial charge in [0.15, 0.2) is 0 Å². The molecule has 5 nitrogen and oxygen atoms in total. The Bertz CT molecular complexity index is 662. The van der Waals surface area contributed by atoms with E-state index >= 15 is 0 Å². The molecular formula is C19H23N3O2. The van der Waals surface area contributed by atoms with Crippen LogP contribution in [-0.2, 0) is 11.3 Å². The Morgan fingerprint density at radius 2 is 2.00 bits per heavy atom. The Morgan fingerprint density at radius 1 is 1.21 bits per heavy atom. The highest BCUT2D eigenvalue weighted by molar-refractivity contribution is 5.93. The van der Waals surface area contributed by atoms with Gasteiger partial charge in [0.25, 0.3) is 5.91 Å². The molecule has 126 valence electrons. The fraction of sp³-hybridized carbons (Fsp3) is 0.474. The number of carbonyl (C=O) groups excluding carboxylic acids is 2. The minimum absolute atomic E-state index is 0.0831. The van der Waals surface area contributed by atoms with E-state index in [4.69, 9.17) is 0 Å². The lowest BCUT2D eigenvalue weighted by molar-refractivity contribution is -0.126. The molecule has 1 aromatic carbocycles. The van der Waals surface area contributed by atoms with Gasteiger partial charge in [-0.05, 0) is 31.2 Å². The zero-order valence-corrected chi connectivity index (χ0v) is 14.1. The Kier molecular flexibility index (Phi) is 5.05. The van der Waals surface area contributed by atoms with Crippen molar-refractivity contribution >= 4 is 11.9 Å². The van der Waals surface area contributed by atoms with Crippen LogP contribution >= 0.6 is 0 Å². The SMILES string of the molecule is CC#CC(=O)N1CCCC(N2CCN(Cc3ccccc3)C2=O)C1. The molecule has 1 atom stereocenters. The van der Waals surface area contributed by atoms with Gasteiger partial charge in [0.1, 0.15) is 0 Å². The van der Waals surface area contributed by atoms with E-state index in [1.165, 1.54) is 0 Å². The van der Waals surface area contributed by atoms with Crippen LogP contribution in [0.15, 0.2) is 30.3 Å². The van der Waals surface area contributed by atoms with E-state index in [-0.39, 0.29) is 18.0 Å². The maximum Gasteiger partial charge on any atom is 0.320 e. The first-order valence-electron chi connectivity index (χ1n) is 8.50. The van der Waals surface area contributed by atoms with Crippen molar-refractivity contribution < 1.29 is 9.59 Å². The molecule has 0 aromatic heterocycles. The summed E-state index contributed by atoms with van der Waals surface area (Å²) in [7, 11) is 0. The molecule has 1 unspecified atom stereocenters. The van der Waals surface area contributed by atoms with Crippen LogP contribution in [0.5, 0.6) is 0 Å². The van der Waals surface area contributed by atoms with Gasteiger partial charge in [-0.25, -0.2) is 4.79 Å². The monoisotopic (exact) mass is 325 g/mol. The number of rotatable bonds is 3. The van der Waals surface area contributed by atoms with Crippen LogP contribution in [-0.4, -0.2) is 58.9 Å². The summed E-state index contributed by atoms with van der Waals surface area (Å²) >= 11 is 0. The molecule has 0 aliphatic carbocycles. The van der Waals surface area contributed by atoms with E-state index in [0.717, 1.165) is 38.0 Å². The van der Waals surface area contributed by atoms with Crippen LogP contribution < -0.4 is 0 Å². The quantitative estimate of drug-likeness (QED) is 0.797. The molecule has 2 aliphatic heterocycles. The van der Waals surface area contributed by atoms with Gasteiger partial charge in [-0.1, -0.05) is 36.3 Å². The molecule has 0 spiro atoms. The molecule has 0 saturated carbocycles. The first-order chi connectivity index (χ1) is 11.7. The van der Waals surface area contributed by atoms with E-state index in [1.807, 2.05) is 40.1 Å². The fourth-order valence-electron chi connectivity index (χ4n) is 3.47. The maximum absolute atomic E-state index is 12.7. The second-order valence-electron chi connectivity index (χ2n) is 6.31. The molecule has 0 bridgehead atoms. The molecule has 3 amide bonds. The third kappa shape index (κ3) is 3.53. The summed E-state index contributed by atoms with van der Waals surface area (Å²) in [5.74, 6) is 5.13. The molecule has 2 fully saturated rings. The third-order valence-corrected chi connectivity index (χ3v) is 4.70. The van der Waals surface area contributed by atoms with Crippen LogP contribution in [0.4, 0.5) is 4.79 Å². The molecule has 24 heavy (non-hydrogen) atoms. The van der Waals surface area contributed by atoms with Gasteiger partial charge in [0.05, 0.1) is 6.04 Å². The number of piperidine rings is 1. The topological polar surface area (TPSA) is 43.9 Å². The van der Waals surface area contributed by atoms with E-state index in [9.17, 15) is 9.59 Å². The number of nitrogens with zero attached hydrogens (tertiary/aromatic N) is 3. The first kappa shape index (κ1) is 16.4. The molecular weight excluding hydrogens is 302 g/mol. The van der Waals surface area contributed by atoms with Crippen LogP contribution in [0.25, 0.3) is 0 Å². The second-order valence-corrected chi connectivity index (χ2v) is 6.31. The summed E-state index contributed by atoms with van der Waals surface area (Å²) in [5.41, 5.74) is 1.14. The van der Waals surface area contributed by atoms with Crippen LogP contribution in [0.3, 0.4) is 0 Å². The van der Waals surface area contributed by atoms with Gasteiger partial charge < -0.3 is 14.7 Å². The average molecular weight is 325 g/mol. The largest absolute Gasteiger partial charge is 0.330 e. The lowest BCUT2D eigenvalue weighted by Gasteiger charge is -2.36. The van der Waals surface area contributed by atoms with E-state index in [2.05, 4.69) is 11.8 Å². The Morgan fingerprint density at radius 3 is 2.75 bits per heavy atom. The van der Waals surface area contributed by atoms with Crippen molar-refractivity contribution in [3.63, 3.8) is 0 Å². The van der Waals surface area contributed by atoms with Crippen molar-refractivity contribution in [3.05, 3.63) is 35.9 Å². The second kappa shape index (κ2) is 7.39. The molecule has 0 N–H and O–H groups in total. The fourth-order valence-corrected chi connectivity index (χ4v) is 3.47. The molecule has 1 aromatic rings. The van der Waals surface area contributed by atoms with Gasteiger partial charge >= 0.3 is 6.03 Å². The average Bonchev–Trinajstić information content (AvgIpc) is 2.97. The normalized spacial score (nSPS) is 20.8. The predicted octanol–water partition coefficient (Wildman–Crippen LogP) is 1.94. The summed E-state index contributed by atoms with van der Waals surface area (Å²) in [6.45, 7) is 5.13. The minimum Gasteiger partial charge on any atom is -0.330 e. The molecule has 2 heterocycles. The predicted molar refractivity (Wildman–Crippen MR) is 92.0 cm³/mol. The number of benzene rings is 1. The van der Waals surface area contributed by atoms with Gasteiger partial charge in [-0.2, -0.15) is 0 Å². The highest BCUT2D eigenvalue weighted by Gasteiger charge is 2.36. The lowest BCUT2D eigenvalue weighted by atomic mass is 10.0. The van der Waals surface area contributed by atoms with Crippen molar-refractivity contribution in [2.24, 2.45) is 0 Å². The molecule has 0 radical (unpaired) electrons. The summed E-state index contributed by atoms with van der Waals surface area (Å²) in [6, 6.07) is 10.2. The Balaban J connectivity index is 1.62. The Hall–Kier alpha value is -2.48. The van der Waals surface area contributed by atoms with Crippen LogP contribution in [0.2, 0.25) is 0 Å². The van der Waals surface area contributed by atoms with E-state index in [0.29, 0.717) is 13.1 Å². The molecule has 5 heteroatoms. The van der Waals surface area contributed by atoms with Crippen molar-refractivity contribution in [1.82, 2.24) is 14.7 Å². The van der Waals surface area contributed by atoms with Crippen molar-refractivity contribution in [2.75, 3.05) is 26.2 Å². The molecule has 3 rings (SSSR count). The van der Waals surface area contributed by atoms with Crippen LogP contribution in [0, 0.1) is 11.8 Å². The molecule has 2 saturated heterocycles. The summed E-state index contributed by atoms with van der Waals surface area (Å²) in [6.07, 6.45) is 1.87. The van der Waals surface area contributed by atoms with Crippen molar-refractivity contribution in [1.29, 1.82) is 0 Å².